The summed E-state index contributed by atoms with van der Waals surface area (Å²) in [6, 6.07) is 7.43. The van der Waals surface area contributed by atoms with E-state index in [9.17, 15) is 4.79 Å². The number of rotatable bonds is 9. The highest BCUT2D eigenvalue weighted by molar-refractivity contribution is 14.0. The van der Waals surface area contributed by atoms with Crippen LogP contribution in [0, 0.1) is 0 Å². The van der Waals surface area contributed by atoms with Crippen LogP contribution in [-0.4, -0.2) is 30.2 Å². The van der Waals surface area contributed by atoms with Gasteiger partial charge in [0.25, 0.3) is 0 Å². The Labute approximate surface area is 177 Å². The molecule has 0 saturated carbocycles. The van der Waals surface area contributed by atoms with Crippen molar-refractivity contribution in [2.75, 3.05) is 19.6 Å². The molecular weight excluding hydrogens is 459 g/mol. The maximum absolute atomic E-state index is 11.6. The van der Waals surface area contributed by atoms with Gasteiger partial charge in [-0.2, -0.15) is 11.3 Å². The lowest BCUT2D eigenvalue weighted by Gasteiger charge is -2.13. The molecule has 0 aliphatic carbocycles. The summed E-state index contributed by atoms with van der Waals surface area (Å²) in [5, 5.41) is 11.0. The highest BCUT2D eigenvalue weighted by Gasteiger charge is 2.05. The van der Waals surface area contributed by atoms with E-state index in [-0.39, 0.29) is 29.5 Å². The van der Waals surface area contributed by atoms with E-state index in [0.29, 0.717) is 5.92 Å². The van der Waals surface area contributed by atoms with Crippen molar-refractivity contribution in [2.45, 2.75) is 39.2 Å². The Balaban J connectivity index is 0.00000338. The minimum Gasteiger partial charge on any atom is -0.357 e. The summed E-state index contributed by atoms with van der Waals surface area (Å²) >= 11 is 1.73. The summed E-state index contributed by atoms with van der Waals surface area (Å²) in [7, 11) is 0. The molecular formula is C19H29IN4OS. The van der Waals surface area contributed by atoms with Gasteiger partial charge in [-0.25, -0.2) is 0 Å². The molecule has 2 aromatic rings. The fourth-order valence-corrected chi connectivity index (χ4v) is 3.27. The van der Waals surface area contributed by atoms with Gasteiger partial charge in [-0.1, -0.05) is 13.0 Å². The van der Waals surface area contributed by atoms with E-state index in [2.05, 4.69) is 46.3 Å². The number of hydrogen-bond donors (Lipinski definition) is 2. The third-order valence-electron chi connectivity index (χ3n) is 4.00. The Kier molecular flexibility index (Phi) is 11.3. The molecule has 0 saturated heterocycles. The van der Waals surface area contributed by atoms with E-state index in [0.717, 1.165) is 45.0 Å². The largest absolute Gasteiger partial charge is 0.357 e. The zero-order valence-electron chi connectivity index (χ0n) is 15.5. The molecule has 1 atom stereocenters. The molecule has 7 heteroatoms. The second-order valence-electron chi connectivity index (χ2n) is 6.04. The summed E-state index contributed by atoms with van der Waals surface area (Å²) in [4.78, 5) is 16.3. The number of thiophene rings is 1. The standard InChI is InChI=1S/C19H28N4OS.HI/c1-3-20-19(22-14-16(2)17-9-13-25-15-17)21-10-5-7-12-23-11-6-4-8-18(23)24;/h4,6,8-9,11,13,15-16H,3,5,7,10,12,14H2,1-2H3,(H2,20,21,22);1H. The van der Waals surface area contributed by atoms with Crippen LogP contribution in [0.3, 0.4) is 0 Å². The number of aryl methyl sites for hydroxylation is 1. The van der Waals surface area contributed by atoms with E-state index >= 15 is 0 Å². The lowest BCUT2D eigenvalue weighted by atomic mass is 10.1. The third-order valence-corrected chi connectivity index (χ3v) is 4.70. The molecule has 0 aliphatic rings. The average Bonchev–Trinajstić information content (AvgIpc) is 3.15. The Morgan fingerprint density at radius 3 is 2.81 bits per heavy atom. The summed E-state index contributed by atoms with van der Waals surface area (Å²) in [6.45, 7) is 7.49. The van der Waals surface area contributed by atoms with E-state index in [1.807, 2.05) is 12.3 Å². The molecule has 0 amide bonds. The first-order valence-electron chi connectivity index (χ1n) is 8.90. The van der Waals surface area contributed by atoms with E-state index in [1.54, 1.807) is 28.0 Å². The van der Waals surface area contributed by atoms with Gasteiger partial charge < -0.3 is 15.2 Å². The molecule has 0 spiro atoms. The Bertz CT molecular complexity index is 700. The van der Waals surface area contributed by atoms with Crippen molar-refractivity contribution >= 4 is 41.3 Å². The third kappa shape index (κ3) is 7.90. The SMILES string of the molecule is CCNC(=NCC(C)c1ccsc1)NCCCCn1ccccc1=O.I. The first kappa shape index (κ1) is 22.7. The summed E-state index contributed by atoms with van der Waals surface area (Å²) in [5.41, 5.74) is 1.41. The highest BCUT2D eigenvalue weighted by atomic mass is 127. The topological polar surface area (TPSA) is 58.4 Å². The van der Waals surface area contributed by atoms with Crippen LogP contribution in [0.2, 0.25) is 0 Å². The number of unbranched alkanes of at least 4 members (excludes halogenated alkanes) is 1. The van der Waals surface area contributed by atoms with Gasteiger partial charge in [-0.3, -0.25) is 9.79 Å². The molecule has 0 aliphatic heterocycles. The van der Waals surface area contributed by atoms with Crippen molar-refractivity contribution in [3.8, 4) is 0 Å². The molecule has 2 heterocycles. The number of guanidine groups is 1. The fourth-order valence-electron chi connectivity index (χ4n) is 2.49. The monoisotopic (exact) mass is 488 g/mol. The highest BCUT2D eigenvalue weighted by Crippen LogP contribution is 2.18. The smallest absolute Gasteiger partial charge is 0.250 e. The van der Waals surface area contributed by atoms with Crippen molar-refractivity contribution in [3.63, 3.8) is 0 Å². The normalized spacial score (nSPS) is 12.3. The predicted octanol–water partition coefficient (Wildman–Crippen LogP) is 3.67. The second kappa shape index (κ2) is 12.9. The number of pyridine rings is 1. The average molecular weight is 488 g/mol. The zero-order valence-corrected chi connectivity index (χ0v) is 18.6. The van der Waals surface area contributed by atoms with Gasteiger partial charge in [0.05, 0.1) is 0 Å². The molecule has 5 nitrogen and oxygen atoms in total. The van der Waals surface area contributed by atoms with Gasteiger partial charge in [0.15, 0.2) is 5.96 Å². The summed E-state index contributed by atoms with van der Waals surface area (Å²) in [5.74, 6) is 1.29. The van der Waals surface area contributed by atoms with Crippen molar-refractivity contribution in [1.82, 2.24) is 15.2 Å². The molecule has 0 fully saturated rings. The number of nitrogens with one attached hydrogen (secondary N) is 2. The second-order valence-corrected chi connectivity index (χ2v) is 6.82. The van der Waals surface area contributed by atoms with Crippen molar-refractivity contribution in [3.05, 3.63) is 57.1 Å². The van der Waals surface area contributed by atoms with Crippen LogP contribution in [0.15, 0.2) is 51.0 Å². The lowest BCUT2D eigenvalue weighted by Crippen LogP contribution is -2.38. The van der Waals surface area contributed by atoms with E-state index in [4.69, 9.17) is 0 Å². The molecule has 144 valence electrons. The van der Waals surface area contributed by atoms with Gasteiger partial charge in [-0.05, 0) is 48.2 Å². The molecule has 2 aromatic heterocycles. The molecule has 1 unspecified atom stereocenters. The number of halogens is 1. The molecule has 2 rings (SSSR count). The van der Waals surface area contributed by atoms with Gasteiger partial charge >= 0.3 is 0 Å². The Morgan fingerprint density at radius 1 is 1.27 bits per heavy atom. The number of aromatic nitrogens is 1. The van der Waals surface area contributed by atoms with Gasteiger partial charge in [-0.15, -0.1) is 24.0 Å². The van der Waals surface area contributed by atoms with Crippen LogP contribution in [0.4, 0.5) is 0 Å². The van der Waals surface area contributed by atoms with Gasteiger partial charge in [0.2, 0.25) is 5.56 Å². The van der Waals surface area contributed by atoms with Crippen molar-refractivity contribution in [2.24, 2.45) is 4.99 Å². The quantitative estimate of drug-likeness (QED) is 0.245. The van der Waals surface area contributed by atoms with Crippen LogP contribution in [-0.2, 0) is 6.54 Å². The van der Waals surface area contributed by atoms with Crippen molar-refractivity contribution in [1.29, 1.82) is 0 Å². The fraction of sp³-hybridized carbons (Fsp3) is 0.474. The van der Waals surface area contributed by atoms with Gasteiger partial charge in [0.1, 0.15) is 0 Å². The van der Waals surface area contributed by atoms with Crippen LogP contribution in [0.5, 0.6) is 0 Å². The minimum atomic E-state index is 0. The van der Waals surface area contributed by atoms with Crippen LogP contribution in [0.25, 0.3) is 0 Å². The number of hydrogen-bond acceptors (Lipinski definition) is 3. The molecule has 0 bridgehead atoms. The van der Waals surface area contributed by atoms with Crippen molar-refractivity contribution < 1.29 is 0 Å². The van der Waals surface area contributed by atoms with Crippen LogP contribution in [0.1, 0.15) is 38.2 Å². The first-order valence-corrected chi connectivity index (χ1v) is 9.84. The Morgan fingerprint density at radius 2 is 2.12 bits per heavy atom. The first-order chi connectivity index (χ1) is 12.2. The predicted molar refractivity (Wildman–Crippen MR) is 122 cm³/mol. The minimum absolute atomic E-state index is 0. The lowest BCUT2D eigenvalue weighted by molar-refractivity contribution is 0.585. The number of aliphatic imine (C=N–C) groups is 1. The molecule has 2 N–H and O–H groups in total. The van der Waals surface area contributed by atoms with E-state index in [1.165, 1.54) is 5.56 Å². The summed E-state index contributed by atoms with van der Waals surface area (Å²) in [6.07, 6.45) is 3.79. The Hall–Kier alpha value is -1.35. The van der Waals surface area contributed by atoms with Crippen LogP contribution >= 0.6 is 35.3 Å². The van der Waals surface area contributed by atoms with Crippen LogP contribution < -0.4 is 16.2 Å². The maximum atomic E-state index is 11.6. The molecule has 0 radical (unpaired) electrons. The zero-order chi connectivity index (χ0) is 17.9. The number of nitrogens with zero attached hydrogens (tertiary/aromatic N) is 2. The van der Waals surface area contributed by atoms with Gasteiger partial charge in [0, 0.05) is 44.4 Å². The molecule has 0 aromatic carbocycles. The molecule has 26 heavy (non-hydrogen) atoms. The van der Waals surface area contributed by atoms with E-state index < -0.39 is 0 Å². The maximum Gasteiger partial charge on any atom is 0.250 e. The summed E-state index contributed by atoms with van der Waals surface area (Å²) < 4.78 is 1.75.